The number of carboxylic acids is 1. The number of hydrogen-bond donors (Lipinski definition) is 1. The third kappa shape index (κ3) is 1.92. The lowest BCUT2D eigenvalue weighted by Gasteiger charge is -1.93. The second-order valence-electron chi connectivity index (χ2n) is 3.05. The minimum Gasteiger partial charge on any atom is -0.481 e. The van der Waals surface area contributed by atoms with Gasteiger partial charge in [-0.15, -0.1) is 0 Å². The number of rotatable bonds is 3. The van der Waals surface area contributed by atoms with Crippen molar-refractivity contribution in [1.29, 1.82) is 0 Å². The second kappa shape index (κ2) is 3.86. The van der Waals surface area contributed by atoms with Crippen LogP contribution in [0.5, 0.6) is 0 Å². The topological polar surface area (TPSA) is 67.5 Å². The van der Waals surface area contributed by atoms with E-state index in [0.29, 0.717) is 22.9 Å². The molecule has 6 heteroatoms. The molecule has 5 nitrogen and oxygen atoms in total. The molecule has 0 aliphatic carbocycles. The predicted octanol–water partition coefficient (Wildman–Crippen LogP) is 1.40. The summed E-state index contributed by atoms with van der Waals surface area (Å²) in [6.45, 7) is 0. The van der Waals surface area contributed by atoms with Gasteiger partial charge in [-0.25, -0.2) is 4.98 Å². The van der Waals surface area contributed by atoms with Crippen LogP contribution in [0, 0.1) is 0 Å². The van der Waals surface area contributed by atoms with Gasteiger partial charge in [0.15, 0.2) is 5.65 Å². The summed E-state index contributed by atoms with van der Waals surface area (Å²) in [5, 5.41) is 9.00. The number of carboxylic acid groups (broad SMARTS) is 1. The Bertz CT molecular complexity index is 509. The third-order valence-electron chi connectivity index (χ3n) is 2.01. The number of aryl methyl sites for hydroxylation is 1. The maximum atomic E-state index is 10.4. The van der Waals surface area contributed by atoms with Gasteiger partial charge in [0.2, 0.25) is 0 Å². The molecule has 0 unspecified atom stereocenters. The predicted molar refractivity (Wildman–Crippen MR) is 54.0 cm³/mol. The summed E-state index contributed by atoms with van der Waals surface area (Å²) >= 11 is 6.02. The van der Waals surface area contributed by atoms with Crippen LogP contribution in [-0.4, -0.2) is 25.4 Å². The summed E-state index contributed by atoms with van der Waals surface area (Å²) in [6.07, 6.45) is 5.22. The van der Waals surface area contributed by atoms with Crippen molar-refractivity contribution in [2.24, 2.45) is 0 Å². The van der Waals surface area contributed by atoms with Crippen LogP contribution in [-0.2, 0) is 11.2 Å². The van der Waals surface area contributed by atoms with E-state index in [9.17, 15) is 4.79 Å². The van der Waals surface area contributed by atoms with Crippen molar-refractivity contribution in [1.82, 2.24) is 14.4 Å². The molecule has 0 spiro atoms. The number of fused-ring (bicyclic) bond motifs is 1. The molecule has 78 valence electrons. The summed E-state index contributed by atoms with van der Waals surface area (Å²) in [5.74, 6) is -0.860. The van der Waals surface area contributed by atoms with Crippen LogP contribution in [0.25, 0.3) is 5.65 Å². The van der Waals surface area contributed by atoms with Gasteiger partial charge >= 0.3 is 5.97 Å². The van der Waals surface area contributed by atoms with Gasteiger partial charge in [0, 0.05) is 18.8 Å². The first-order chi connectivity index (χ1) is 7.18. The highest BCUT2D eigenvalue weighted by Crippen LogP contribution is 2.18. The molecule has 2 heterocycles. The number of imidazole rings is 1. The Labute approximate surface area is 90.3 Å². The van der Waals surface area contributed by atoms with E-state index < -0.39 is 5.97 Å². The highest BCUT2D eigenvalue weighted by atomic mass is 35.5. The Morgan fingerprint density at radius 2 is 2.40 bits per heavy atom. The second-order valence-corrected chi connectivity index (χ2v) is 3.41. The third-order valence-corrected chi connectivity index (χ3v) is 2.41. The Morgan fingerprint density at radius 1 is 1.60 bits per heavy atom. The number of halogens is 1. The summed E-state index contributed by atoms with van der Waals surface area (Å²) < 4.78 is 1.67. The monoisotopic (exact) mass is 225 g/mol. The average Bonchev–Trinajstić information content (AvgIpc) is 2.54. The molecular weight excluding hydrogens is 218 g/mol. The van der Waals surface area contributed by atoms with Crippen molar-refractivity contribution in [3.63, 3.8) is 0 Å². The number of carbonyl (C=O) groups is 1. The largest absolute Gasteiger partial charge is 0.481 e. The first-order valence-electron chi connectivity index (χ1n) is 4.36. The molecule has 2 aromatic rings. The molecule has 2 rings (SSSR count). The Kier molecular flexibility index (Phi) is 2.55. The molecule has 0 bridgehead atoms. The Morgan fingerprint density at radius 3 is 3.07 bits per heavy atom. The fourth-order valence-electron chi connectivity index (χ4n) is 1.31. The van der Waals surface area contributed by atoms with E-state index >= 15 is 0 Å². The van der Waals surface area contributed by atoms with E-state index in [2.05, 4.69) is 9.97 Å². The molecule has 0 saturated carbocycles. The van der Waals surface area contributed by atoms with Gasteiger partial charge in [0.05, 0.1) is 18.3 Å². The van der Waals surface area contributed by atoms with Crippen LogP contribution in [0.1, 0.15) is 12.1 Å². The lowest BCUT2D eigenvalue weighted by Crippen LogP contribution is -1.98. The van der Waals surface area contributed by atoms with E-state index in [-0.39, 0.29) is 6.42 Å². The van der Waals surface area contributed by atoms with Crippen molar-refractivity contribution >= 4 is 23.2 Å². The fourth-order valence-corrected chi connectivity index (χ4v) is 1.59. The van der Waals surface area contributed by atoms with Crippen LogP contribution in [0.3, 0.4) is 0 Å². The number of hydrogen-bond acceptors (Lipinski definition) is 3. The fraction of sp³-hybridized carbons (Fsp3) is 0.222. The van der Waals surface area contributed by atoms with Crippen molar-refractivity contribution in [2.75, 3.05) is 0 Å². The molecule has 0 aliphatic rings. The Balaban J connectivity index is 2.36. The van der Waals surface area contributed by atoms with Gasteiger partial charge in [0.25, 0.3) is 0 Å². The maximum absolute atomic E-state index is 10.4. The van der Waals surface area contributed by atoms with Crippen LogP contribution in [0.15, 0.2) is 18.6 Å². The molecule has 0 fully saturated rings. The quantitative estimate of drug-likeness (QED) is 0.858. The highest BCUT2D eigenvalue weighted by molar-refractivity contribution is 6.30. The molecule has 0 radical (unpaired) electrons. The van der Waals surface area contributed by atoms with Crippen molar-refractivity contribution in [3.05, 3.63) is 29.4 Å². The van der Waals surface area contributed by atoms with Crippen LogP contribution in [0.4, 0.5) is 0 Å². The van der Waals surface area contributed by atoms with Gasteiger partial charge in [-0.1, -0.05) is 11.6 Å². The first-order valence-corrected chi connectivity index (χ1v) is 4.74. The van der Waals surface area contributed by atoms with Gasteiger partial charge in [-0.05, 0) is 0 Å². The first kappa shape index (κ1) is 9.92. The van der Waals surface area contributed by atoms with Gasteiger partial charge in [-0.3, -0.25) is 14.2 Å². The van der Waals surface area contributed by atoms with Gasteiger partial charge in [-0.2, -0.15) is 0 Å². The Hall–Kier alpha value is -1.62. The van der Waals surface area contributed by atoms with Gasteiger partial charge in [0.1, 0.15) is 5.15 Å². The zero-order valence-electron chi connectivity index (χ0n) is 7.72. The molecule has 2 aromatic heterocycles. The maximum Gasteiger partial charge on any atom is 0.303 e. The van der Waals surface area contributed by atoms with Crippen LogP contribution in [0.2, 0.25) is 5.15 Å². The van der Waals surface area contributed by atoms with E-state index in [1.807, 2.05) is 0 Å². The summed E-state index contributed by atoms with van der Waals surface area (Å²) in [4.78, 5) is 18.5. The molecule has 15 heavy (non-hydrogen) atoms. The lowest BCUT2D eigenvalue weighted by molar-refractivity contribution is -0.136. The van der Waals surface area contributed by atoms with Gasteiger partial charge < -0.3 is 5.11 Å². The van der Waals surface area contributed by atoms with E-state index in [1.165, 1.54) is 0 Å². The van der Waals surface area contributed by atoms with Crippen molar-refractivity contribution in [3.8, 4) is 0 Å². The summed E-state index contributed by atoms with van der Waals surface area (Å²) in [7, 11) is 0. The zero-order valence-corrected chi connectivity index (χ0v) is 8.48. The number of aromatic nitrogens is 3. The molecule has 1 N–H and O–H groups in total. The molecular formula is C9H8ClN3O2. The van der Waals surface area contributed by atoms with Crippen molar-refractivity contribution < 1.29 is 9.90 Å². The minimum absolute atomic E-state index is 0.0248. The lowest BCUT2D eigenvalue weighted by atomic mass is 10.2. The molecule has 0 saturated heterocycles. The normalized spacial score (nSPS) is 10.7. The smallest absolute Gasteiger partial charge is 0.303 e. The SMILES string of the molecule is O=C(O)CCc1nc2cnccn2c1Cl. The van der Waals surface area contributed by atoms with Crippen LogP contribution >= 0.6 is 11.6 Å². The average molecular weight is 226 g/mol. The molecule has 0 aromatic carbocycles. The molecule has 0 atom stereocenters. The van der Waals surface area contributed by atoms with E-state index in [4.69, 9.17) is 16.7 Å². The zero-order chi connectivity index (χ0) is 10.8. The van der Waals surface area contributed by atoms with E-state index in [1.54, 1.807) is 23.0 Å². The highest BCUT2D eigenvalue weighted by Gasteiger charge is 2.10. The molecule has 0 aliphatic heterocycles. The minimum atomic E-state index is -0.860. The summed E-state index contributed by atoms with van der Waals surface area (Å²) in [5.41, 5.74) is 1.22. The standard InChI is InChI=1S/C9H8ClN3O2/c10-9-6(1-2-8(14)15)12-7-5-11-3-4-13(7)9/h3-5H,1-2H2,(H,14,15). The summed E-state index contributed by atoms with van der Waals surface area (Å²) in [6, 6.07) is 0. The van der Waals surface area contributed by atoms with E-state index in [0.717, 1.165) is 0 Å². The van der Waals surface area contributed by atoms with Crippen molar-refractivity contribution in [2.45, 2.75) is 12.8 Å². The number of aliphatic carboxylic acids is 1. The number of nitrogens with zero attached hydrogens (tertiary/aromatic N) is 3. The van der Waals surface area contributed by atoms with Crippen LogP contribution < -0.4 is 0 Å². The molecule has 0 amide bonds.